The summed E-state index contributed by atoms with van der Waals surface area (Å²) in [5.41, 5.74) is 3.29. The Morgan fingerprint density at radius 1 is 1.39 bits per heavy atom. The Bertz CT molecular complexity index is 574. The van der Waals surface area contributed by atoms with Gasteiger partial charge in [-0.15, -0.1) is 0 Å². The second-order valence-corrected chi connectivity index (χ2v) is 4.67. The Kier molecular flexibility index (Phi) is 3.23. The van der Waals surface area contributed by atoms with Gasteiger partial charge in [0.15, 0.2) is 0 Å². The lowest BCUT2D eigenvalue weighted by Gasteiger charge is -2.14. The summed E-state index contributed by atoms with van der Waals surface area (Å²) in [7, 11) is 0. The molecule has 0 saturated carbocycles. The molecule has 2 aromatic heterocycles. The molecule has 0 atom stereocenters. The van der Waals surface area contributed by atoms with Gasteiger partial charge < -0.3 is 10.4 Å². The molecule has 0 aliphatic heterocycles. The molecule has 96 valence electrons. The van der Waals surface area contributed by atoms with Crippen molar-refractivity contribution in [2.45, 2.75) is 33.7 Å². The highest BCUT2D eigenvalue weighted by molar-refractivity contribution is 5.81. The summed E-state index contributed by atoms with van der Waals surface area (Å²) in [5.74, 6) is 6.29. The van der Waals surface area contributed by atoms with Crippen LogP contribution in [0, 0.1) is 13.8 Å². The lowest BCUT2D eigenvalue weighted by molar-refractivity contribution is 0.519. The Labute approximate surface area is 107 Å². The number of hydrazone groups is 1. The molecule has 0 aliphatic carbocycles. The van der Waals surface area contributed by atoms with Gasteiger partial charge >= 0.3 is 0 Å². The first-order valence-electron chi connectivity index (χ1n) is 6.02. The highest BCUT2D eigenvalue weighted by Crippen LogP contribution is 2.21. The number of rotatable bonds is 3. The summed E-state index contributed by atoms with van der Waals surface area (Å²) in [4.78, 5) is 0. The van der Waals surface area contributed by atoms with Crippen LogP contribution in [0.2, 0.25) is 0 Å². The van der Waals surface area contributed by atoms with E-state index in [4.69, 9.17) is 5.84 Å². The minimum Gasteiger partial charge on any atom is -0.323 e. The quantitative estimate of drug-likeness (QED) is 0.511. The molecule has 0 aromatic carbocycles. The van der Waals surface area contributed by atoms with Crippen LogP contribution in [0.3, 0.4) is 0 Å². The van der Waals surface area contributed by atoms with Crippen LogP contribution in [0.1, 0.15) is 36.8 Å². The van der Waals surface area contributed by atoms with Crippen molar-refractivity contribution >= 4 is 6.21 Å². The maximum Gasteiger partial charge on any atom is 0.135 e. The predicted octanol–water partition coefficient (Wildman–Crippen LogP) is 2.16. The molecule has 0 fully saturated rings. The molecule has 0 amide bonds. The van der Waals surface area contributed by atoms with E-state index in [1.807, 2.05) is 16.9 Å². The molecule has 0 radical (unpaired) electrons. The Morgan fingerprint density at radius 2 is 2.11 bits per heavy atom. The maximum absolute atomic E-state index is 5.23. The summed E-state index contributed by atoms with van der Waals surface area (Å²) in [5, 5.41) is 7.97. The number of aromatic nitrogens is 3. The van der Waals surface area contributed by atoms with Crippen LogP contribution in [0.25, 0.3) is 5.82 Å². The molecular formula is C13H19N5. The average Bonchev–Trinajstić information content (AvgIpc) is 2.86. The van der Waals surface area contributed by atoms with Gasteiger partial charge in [-0.2, -0.15) is 10.2 Å². The third-order valence-electron chi connectivity index (χ3n) is 3.05. The Morgan fingerprint density at radius 3 is 2.72 bits per heavy atom. The standard InChI is InChI=1S/C13H19N5/c1-9(2)18-13(5-6-16-18)17-10(3)7-12(8-15-14)11(17)4/h5-9H,14H2,1-4H3/b15-8-. The summed E-state index contributed by atoms with van der Waals surface area (Å²) in [6.45, 7) is 8.36. The SMILES string of the molecule is Cc1cc(/C=N\N)c(C)n1-c1ccnn1C(C)C. The average molecular weight is 245 g/mol. The first-order valence-corrected chi connectivity index (χ1v) is 6.02. The monoisotopic (exact) mass is 245 g/mol. The van der Waals surface area contributed by atoms with Gasteiger partial charge in [0.2, 0.25) is 0 Å². The smallest absolute Gasteiger partial charge is 0.135 e. The second-order valence-electron chi connectivity index (χ2n) is 4.67. The van der Waals surface area contributed by atoms with E-state index in [-0.39, 0.29) is 0 Å². The van der Waals surface area contributed by atoms with E-state index < -0.39 is 0 Å². The van der Waals surface area contributed by atoms with E-state index in [9.17, 15) is 0 Å². The number of hydrogen-bond acceptors (Lipinski definition) is 3. The number of hydrogen-bond donors (Lipinski definition) is 1. The third-order valence-corrected chi connectivity index (χ3v) is 3.05. The number of nitrogens with two attached hydrogens (primary N) is 1. The first-order chi connectivity index (χ1) is 8.56. The Hall–Kier alpha value is -2.04. The third kappa shape index (κ3) is 1.92. The van der Waals surface area contributed by atoms with Crippen LogP contribution in [0.5, 0.6) is 0 Å². The normalized spacial score (nSPS) is 11.8. The van der Waals surface area contributed by atoms with Crippen LogP contribution in [0.4, 0.5) is 0 Å². The van der Waals surface area contributed by atoms with Crippen LogP contribution >= 0.6 is 0 Å². The van der Waals surface area contributed by atoms with E-state index >= 15 is 0 Å². The fraction of sp³-hybridized carbons (Fsp3) is 0.385. The zero-order valence-corrected chi connectivity index (χ0v) is 11.3. The molecule has 0 bridgehead atoms. The van der Waals surface area contributed by atoms with Crippen molar-refractivity contribution in [3.8, 4) is 5.82 Å². The first kappa shape index (κ1) is 12.4. The summed E-state index contributed by atoms with van der Waals surface area (Å²) >= 11 is 0. The van der Waals surface area contributed by atoms with Gasteiger partial charge in [0.1, 0.15) is 5.82 Å². The largest absolute Gasteiger partial charge is 0.323 e. The molecule has 5 nitrogen and oxygen atoms in total. The van der Waals surface area contributed by atoms with E-state index in [2.05, 4.69) is 48.5 Å². The van der Waals surface area contributed by atoms with Crippen LogP contribution < -0.4 is 5.84 Å². The summed E-state index contributed by atoms with van der Waals surface area (Å²) in [6.07, 6.45) is 3.50. The summed E-state index contributed by atoms with van der Waals surface area (Å²) < 4.78 is 4.17. The number of aryl methyl sites for hydroxylation is 1. The topological polar surface area (TPSA) is 61.1 Å². The highest BCUT2D eigenvalue weighted by atomic mass is 15.3. The zero-order valence-electron chi connectivity index (χ0n) is 11.3. The minimum absolute atomic E-state index is 0.322. The molecule has 18 heavy (non-hydrogen) atoms. The van der Waals surface area contributed by atoms with Crippen molar-refractivity contribution in [3.63, 3.8) is 0 Å². The van der Waals surface area contributed by atoms with Crippen LogP contribution in [0.15, 0.2) is 23.4 Å². The lowest BCUT2D eigenvalue weighted by Crippen LogP contribution is -2.11. The van der Waals surface area contributed by atoms with Gasteiger partial charge in [0.05, 0.1) is 12.4 Å². The molecule has 0 unspecified atom stereocenters. The van der Waals surface area contributed by atoms with Gasteiger partial charge in [-0.05, 0) is 33.8 Å². The fourth-order valence-corrected chi connectivity index (χ4v) is 2.23. The Balaban J connectivity index is 2.60. The fourth-order valence-electron chi connectivity index (χ4n) is 2.23. The van der Waals surface area contributed by atoms with Gasteiger partial charge in [0, 0.05) is 29.1 Å². The van der Waals surface area contributed by atoms with Crippen molar-refractivity contribution < 1.29 is 0 Å². The highest BCUT2D eigenvalue weighted by Gasteiger charge is 2.14. The van der Waals surface area contributed by atoms with Gasteiger partial charge in [-0.1, -0.05) is 0 Å². The van der Waals surface area contributed by atoms with Gasteiger partial charge in [0.25, 0.3) is 0 Å². The van der Waals surface area contributed by atoms with Crippen molar-refractivity contribution in [3.05, 3.63) is 35.3 Å². The maximum atomic E-state index is 5.23. The van der Waals surface area contributed by atoms with E-state index in [1.165, 1.54) is 0 Å². The molecule has 0 saturated heterocycles. The van der Waals surface area contributed by atoms with Crippen molar-refractivity contribution in [2.75, 3.05) is 0 Å². The lowest BCUT2D eigenvalue weighted by atomic mass is 10.3. The second kappa shape index (κ2) is 4.68. The molecule has 2 rings (SSSR count). The van der Waals surface area contributed by atoms with Crippen LogP contribution in [-0.4, -0.2) is 20.6 Å². The van der Waals surface area contributed by atoms with Crippen molar-refractivity contribution in [1.82, 2.24) is 14.3 Å². The van der Waals surface area contributed by atoms with E-state index in [0.717, 1.165) is 22.8 Å². The van der Waals surface area contributed by atoms with Gasteiger partial charge in [-0.25, -0.2) is 4.68 Å². The van der Waals surface area contributed by atoms with Crippen molar-refractivity contribution in [2.24, 2.45) is 10.9 Å². The zero-order chi connectivity index (χ0) is 13.3. The minimum atomic E-state index is 0.322. The molecule has 5 heteroatoms. The molecule has 0 spiro atoms. The molecular weight excluding hydrogens is 226 g/mol. The van der Waals surface area contributed by atoms with Crippen molar-refractivity contribution in [1.29, 1.82) is 0 Å². The van der Waals surface area contributed by atoms with Gasteiger partial charge in [-0.3, -0.25) is 0 Å². The molecule has 2 N–H and O–H groups in total. The van der Waals surface area contributed by atoms with E-state index in [1.54, 1.807) is 6.21 Å². The van der Waals surface area contributed by atoms with E-state index in [0.29, 0.717) is 6.04 Å². The molecule has 0 aliphatic rings. The number of nitrogens with zero attached hydrogens (tertiary/aromatic N) is 4. The van der Waals surface area contributed by atoms with Crippen LogP contribution in [-0.2, 0) is 0 Å². The molecule has 2 heterocycles. The predicted molar refractivity (Wildman–Crippen MR) is 73.2 cm³/mol. The molecule has 2 aromatic rings. The summed E-state index contributed by atoms with van der Waals surface area (Å²) in [6, 6.07) is 4.41.